The predicted molar refractivity (Wildman–Crippen MR) is 318 cm³/mol. The molecule has 0 N–H and O–H groups in total. The number of cyclic esters (lactones) is 2. The van der Waals surface area contributed by atoms with Gasteiger partial charge in [0, 0.05) is 177 Å². The average Bonchev–Trinajstić information content (AvgIpc) is 4.40. The van der Waals surface area contributed by atoms with Crippen LogP contribution in [0.1, 0.15) is 79.3 Å². The zero-order chi connectivity index (χ0) is 54.1. The number of aryl methyl sites for hydroxylation is 4. The van der Waals surface area contributed by atoms with Gasteiger partial charge in [-0.3, -0.25) is 0 Å². The molecule has 78 heavy (non-hydrogen) atoms. The van der Waals surface area contributed by atoms with E-state index in [4.69, 9.17) is 9.47 Å². The molecular weight excluding hydrogens is 965 g/mol. The molecule has 12 aromatic rings. The Balaban J connectivity index is 0.000000152. The summed E-state index contributed by atoms with van der Waals surface area (Å²) in [6.45, 7) is 10.4. The van der Waals surface area contributed by atoms with Gasteiger partial charge < -0.3 is 37.5 Å². The van der Waals surface area contributed by atoms with Crippen molar-refractivity contribution in [2.75, 3.05) is 38.0 Å². The van der Waals surface area contributed by atoms with Crippen molar-refractivity contribution in [1.82, 2.24) is 18.3 Å². The number of benzene rings is 8. The normalized spacial score (nSPS) is 14.3. The molecule has 2 aliphatic rings. The van der Waals surface area contributed by atoms with Gasteiger partial charge in [0.05, 0.1) is 11.1 Å². The fraction of sp³-hybridized carbons (Fsp3) is 0.206. The third-order valence-electron chi connectivity index (χ3n) is 17.2. The van der Waals surface area contributed by atoms with Crippen LogP contribution in [0.25, 0.3) is 65.4 Å². The van der Waals surface area contributed by atoms with E-state index in [1.807, 2.05) is 50.1 Å². The third kappa shape index (κ3) is 6.68. The van der Waals surface area contributed by atoms with E-state index in [1.165, 1.54) is 32.8 Å². The summed E-state index contributed by atoms with van der Waals surface area (Å²) in [5.41, 5.74) is 15.9. The van der Waals surface area contributed by atoms with Crippen molar-refractivity contribution < 1.29 is 19.1 Å². The van der Waals surface area contributed by atoms with Crippen LogP contribution in [0.15, 0.2) is 170 Å². The highest BCUT2D eigenvalue weighted by Gasteiger charge is 2.54. The number of nitrogens with zero attached hydrogens (tertiary/aromatic N) is 6. The number of hydrogen-bond acceptors (Lipinski definition) is 6. The molecule has 0 fully saturated rings. The molecule has 0 aliphatic carbocycles. The Hall–Kier alpha value is -9.02. The van der Waals surface area contributed by atoms with Gasteiger partial charge in [-0.05, 0) is 100 Å². The summed E-state index contributed by atoms with van der Waals surface area (Å²) >= 11 is 0. The van der Waals surface area contributed by atoms with E-state index in [0.29, 0.717) is 11.1 Å². The first-order valence-corrected chi connectivity index (χ1v) is 27.0. The van der Waals surface area contributed by atoms with Gasteiger partial charge >= 0.3 is 11.9 Å². The molecule has 8 aromatic carbocycles. The van der Waals surface area contributed by atoms with Crippen LogP contribution in [0.5, 0.6) is 0 Å². The van der Waals surface area contributed by atoms with Crippen molar-refractivity contribution in [3.63, 3.8) is 0 Å². The molecule has 10 nitrogen and oxygen atoms in total. The summed E-state index contributed by atoms with van der Waals surface area (Å²) in [6, 6.07) is 59.3. The summed E-state index contributed by atoms with van der Waals surface area (Å²) in [6.07, 6.45) is 0. The second kappa shape index (κ2) is 17.8. The standard InChI is InChI=1S/C38H33N3O2.C30H29N3O2/c1-5-40-33-13-9-7-11-27(33)29-21-24(15-19-35(29)40)38(32-18-17-26(39(3)4)23-31(32)37(42)43-38)25-16-20-36-30(22-25)28-12-8-10-14-34(28)41(36)6-2;1-18-27(21-11-7-9-13-25(21)32(18)5)30(28-19(2)33(6)26-14-10-8-12-22(26)28)24-16-15-20(31(3)4)17-23(24)29(34)35-30/h7-23H,5-6H2,1-4H3;7-17H,1-6H3. The highest BCUT2D eigenvalue weighted by molar-refractivity contribution is 6.10. The Bertz CT molecular complexity index is 4280. The highest BCUT2D eigenvalue weighted by atomic mass is 16.6. The van der Waals surface area contributed by atoms with E-state index in [0.717, 1.165) is 102 Å². The second-order valence-electron chi connectivity index (χ2n) is 21.4. The van der Waals surface area contributed by atoms with Gasteiger partial charge in [0.15, 0.2) is 11.2 Å². The summed E-state index contributed by atoms with van der Waals surface area (Å²) in [7, 11) is 12.1. The number of para-hydroxylation sites is 4. The van der Waals surface area contributed by atoms with Crippen LogP contribution >= 0.6 is 0 Å². The first kappa shape index (κ1) is 48.6. The van der Waals surface area contributed by atoms with Crippen LogP contribution < -0.4 is 9.80 Å². The van der Waals surface area contributed by atoms with Crippen molar-refractivity contribution in [3.8, 4) is 0 Å². The van der Waals surface area contributed by atoms with Crippen molar-refractivity contribution in [1.29, 1.82) is 0 Å². The minimum atomic E-state index is -1.09. The smallest absolute Gasteiger partial charge is 0.340 e. The molecule has 0 unspecified atom stereocenters. The number of carbonyl (C=O) groups is 2. The van der Waals surface area contributed by atoms with Crippen LogP contribution in [0.3, 0.4) is 0 Å². The number of hydrogen-bond donors (Lipinski definition) is 0. The van der Waals surface area contributed by atoms with Crippen LogP contribution in [0, 0.1) is 13.8 Å². The number of carbonyl (C=O) groups excluding carboxylic acids is 2. The number of fused-ring (bicyclic) bond motifs is 10. The van der Waals surface area contributed by atoms with E-state index in [2.05, 4.69) is 218 Å². The first-order valence-electron chi connectivity index (χ1n) is 27.0. The van der Waals surface area contributed by atoms with Gasteiger partial charge in [-0.15, -0.1) is 0 Å². The highest BCUT2D eigenvalue weighted by Crippen LogP contribution is 2.55. The van der Waals surface area contributed by atoms with E-state index in [1.54, 1.807) is 0 Å². The van der Waals surface area contributed by atoms with Gasteiger partial charge in [0.2, 0.25) is 0 Å². The second-order valence-corrected chi connectivity index (χ2v) is 21.4. The fourth-order valence-corrected chi connectivity index (χ4v) is 13.3. The van der Waals surface area contributed by atoms with Gasteiger partial charge in [-0.25, -0.2) is 9.59 Å². The fourth-order valence-electron chi connectivity index (χ4n) is 13.3. The van der Waals surface area contributed by atoms with Crippen molar-refractivity contribution in [3.05, 3.63) is 226 Å². The van der Waals surface area contributed by atoms with Gasteiger partial charge in [0.25, 0.3) is 0 Å². The van der Waals surface area contributed by atoms with Crippen molar-refractivity contribution >= 4 is 88.7 Å². The molecule has 0 spiro atoms. The van der Waals surface area contributed by atoms with Crippen LogP contribution in [0.4, 0.5) is 11.4 Å². The monoisotopic (exact) mass is 1030 g/mol. The lowest BCUT2D eigenvalue weighted by Crippen LogP contribution is -2.31. The maximum atomic E-state index is 13.8. The van der Waals surface area contributed by atoms with Crippen molar-refractivity contribution in [2.24, 2.45) is 14.1 Å². The maximum absolute atomic E-state index is 13.8. The van der Waals surface area contributed by atoms with Gasteiger partial charge in [-0.1, -0.05) is 97.1 Å². The van der Waals surface area contributed by atoms with E-state index in [-0.39, 0.29) is 11.9 Å². The zero-order valence-electron chi connectivity index (χ0n) is 45.9. The van der Waals surface area contributed by atoms with E-state index >= 15 is 0 Å². The predicted octanol–water partition coefficient (Wildman–Crippen LogP) is 14.3. The first-order chi connectivity index (χ1) is 37.7. The Labute approximate surface area is 453 Å². The molecule has 2 aliphatic heterocycles. The molecule has 0 saturated carbocycles. The molecule has 10 heteroatoms. The maximum Gasteiger partial charge on any atom is 0.340 e. The minimum absolute atomic E-state index is 0.289. The summed E-state index contributed by atoms with van der Waals surface area (Å²) in [5.74, 6) is -0.589. The lowest BCUT2D eigenvalue weighted by Gasteiger charge is -2.31. The summed E-state index contributed by atoms with van der Waals surface area (Å²) in [5, 5.41) is 6.91. The molecule has 4 aromatic heterocycles. The molecule has 0 bridgehead atoms. The Kier molecular flexibility index (Phi) is 11.1. The molecule has 0 radical (unpaired) electrons. The molecule has 0 saturated heterocycles. The van der Waals surface area contributed by atoms with E-state index in [9.17, 15) is 9.59 Å². The molecule has 6 heterocycles. The largest absolute Gasteiger partial charge is 0.441 e. The average molecular weight is 1030 g/mol. The Morgan fingerprint density at radius 1 is 0.410 bits per heavy atom. The van der Waals surface area contributed by atoms with Crippen LogP contribution in [0.2, 0.25) is 0 Å². The lowest BCUT2D eigenvalue weighted by molar-refractivity contribution is 0.0244. The zero-order valence-corrected chi connectivity index (χ0v) is 45.9. The number of aromatic nitrogens is 4. The number of ether oxygens (including phenoxy) is 2. The molecule has 0 atom stereocenters. The third-order valence-corrected chi connectivity index (χ3v) is 17.2. The SMILES string of the molecule is CCn1c2ccccc2c2cc(C3(c4ccc5c(c4)c4ccccc4n5CC)OC(=O)c4cc(N(C)C)ccc43)ccc21.Cc1c(C2(c3c(C)n(C)c4ccccc34)OC(=O)c3cc(N(C)C)ccc32)c2ccccc2n1C. The molecule has 388 valence electrons. The molecular formula is C68H62N6O4. The quantitative estimate of drug-likeness (QED) is 0.141. The van der Waals surface area contributed by atoms with Crippen LogP contribution in [-0.4, -0.2) is 58.4 Å². The summed E-state index contributed by atoms with van der Waals surface area (Å²) < 4.78 is 22.4. The van der Waals surface area contributed by atoms with Gasteiger partial charge in [-0.2, -0.15) is 0 Å². The van der Waals surface area contributed by atoms with Crippen molar-refractivity contribution in [2.45, 2.75) is 52.0 Å². The number of esters is 2. The Morgan fingerprint density at radius 2 is 0.769 bits per heavy atom. The molecule has 14 rings (SSSR count). The Morgan fingerprint density at radius 3 is 1.18 bits per heavy atom. The number of rotatable bonds is 8. The lowest BCUT2D eigenvalue weighted by atomic mass is 9.77. The topological polar surface area (TPSA) is 78.8 Å². The minimum Gasteiger partial charge on any atom is -0.441 e. The number of anilines is 2. The van der Waals surface area contributed by atoms with Crippen LogP contribution in [-0.2, 0) is 47.9 Å². The van der Waals surface area contributed by atoms with Gasteiger partial charge in [0.1, 0.15) is 0 Å². The summed E-state index contributed by atoms with van der Waals surface area (Å²) in [4.78, 5) is 31.5. The van der Waals surface area contributed by atoms with E-state index < -0.39 is 11.2 Å². The molecule has 0 amide bonds.